The first-order valence-electron chi connectivity index (χ1n) is 3.67. The van der Waals surface area contributed by atoms with Crippen LogP contribution in [0.3, 0.4) is 0 Å². The Labute approximate surface area is 71.9 Å². The molecule has 1 rings (SSSR count). The molecule has 1 heterocycles. The summed E-state index contributed by atoms with van der Waals surface area (Å²) in [4.78, 5) is 3.87. The summed E-state index contributed by atoms with van der Waals surface area (Å²) in [5, 5.41) is 7.89. The van der Waals surface area contributed by atoms with Crippen LogP contribution in [0.5, 0.6) is 0 Å². The minimum atomic E-state index is 0.762. The lowest BCUT2D eigenvalue weighted by atomic mass is 10.2. The van der Waals surface area contributed by atoms with Crippen LogP contribution >= 0.6 is 0 Å². The summed E-state index contributed by atoms with van der Waals surface area (Å²) in [6.45, 7) is 5.58. The monoisotopic (exact) mass is 161 g/mol. The van der Waals surface area contributed by atoms with Crippen molar-refractivity contribution in [2.24, 2.45) is 4.99 Å². The molecule has 12 heavy (non-hydrogen) atoms. The summed E-state index contributed by atoms with van der Waals surface area (Å²) >= 11 is 0. The highest BCUT2D eigenvalue weighted by molar-refractivity contribution is 5.82. The highest BCUT2D eigenvalue weighted by Crippen LogP contribution is 2.05. The maximum absolute atomic E-state index is 3.97. The summed E-state index contributed by atoms with van der Waals surface area (Å²) in [7, 11) is 1.70. The zero-order chi connectivity index (χ0) is 8.97. The molecule has 0 spiro atoms. The van der Waals surface area contributed by atoms with Gasteiger partial charge in [-0.05, 0) is 13.0 Å². The van der Waals surface area contributed by atoms with Crippen LogP contribution in [0.2, 0.25) is 0 Å². The summed E-state index contributed by atoms with van der Waals surface area (Å²) < 4.78 is 0. The molecular formula is C9H11N3. The van der Waals surface area contributed by atoms with E-state index in [1.54, 1.807) is 19.3 Å². The van der Waals surface area contributed by atoms with Gasteiger partial charge in [-0.2, -0.15) is 5.10 Å². The second-order valence-corrected chi connectivity index (χ2v) is 2.42. The van der Waals surface area contributed by atoms with Crippen molar-refractivity contribution >= 4 is 12.3 Å². The molecule has 0 atom stereocenters. The van der Waals surface area contributed by atoms with E-state index in [2.05, 4.69) is 21.8 Å². The predicted molar refractivity (Wildman–Crippen MR) is 50.4 cm³/mol. The topological polar surface area (TPSA) is 38.1 Å². The van der Waals surface area contributed by atoms with Gasteiger partial charge in [0.1, 0.15) is 5.69 Å². The maximum atomic E-state index is 3.97. The second kappa shape index (κ2) is 3.76. The molecule has 0 aliphatic rings. The van der Waals surface area contributed by atoms with E-state index in [-0.39, 0.29) is 0 Å². The highest BCUT2D eigenvalue weighted by Gasteiger charge is 1.98. The van der Waals surface area contributed by atoms with E-state index in [9.17, 15) is 0 Å². The van der Waals surface area contributed by atoms with Crippen molar-refractivity contribution in [3.05, 3.63) is 29.6 Å². The molecule has 0 fully saturated rings. The van der Waals surface area contributed by atoms with Crippen LogP contribution in [-0.2, 0) is 0 Å². The number of hydrogen-bond acceptors (Lipinski definition) is 3. The van der Waals surface area contributed by atoms with Crippen LogP contribution < -0.4 is 0 Å². The molecule has 0 N–H and O–H groups in total. The van der Waals surface area contributed by atoms with E-state index >= 15 is 0 Å². The first-order valence-corrected chi connectivity index (χ1v) is 3.67. The van der Waals surface area contributed by atoms with E-state index in [0.717, 1.165) is 17.0 Å². The zero-order valence-corrected chi connectivity index (χ0v) is 7.28. The summed E-state index contributed by atoms with van der Waals surface area (Å²) in [6, 6.07) is 1.93. The van der Waals surface area contributed by atoms with Gasteiger partial charge < -0.3 is 0 Å². The fourth-order valence-corrected chi connectivity index (χ4v) is 0.904. The number of nitrogens with zero attached hydrogens (tertiary/aromatic N) is 3. The first-order chi connectivity index (χ1) is 5.77. The van der Waals surface area contributed by atoms with Crippen molar-refractivity contribution in [3.8, 4) is 0 Å². The Morgan fingerprint density at radius 3 is 2.83 bits per heavy atom. The van der Waals surface area contributed by atoms with Gasteiger partial charge in [-0.3, -0.25) is 4.99 Å². The lowest BCUT2D eigenvalue weighted by Crippen LogP contribution is -1.97. The fourth-order valence-electron chi connectivity index (χ4n) is 0.904. The van der Waals surface area contributed by atoms with Gasteiger partial charge in [-0.1, -0.05) is 12.7 Å². The summed E-state index contributed by atoms with van der Waals surface area (Å²) in [6.07, 6.45) is 3.42. The van der Waals surface area contributed by atoms with Crippen LogP contribution in [-0.4, -0.2) is 23.5 Å². The molecule has 62 valence electrons. The van der Waals surface area contributed by atoms with E-state index in [0.29, 0.717) is 0 Å². The largest absolute Gasteiger partial charge is 0.294 e. The fraction of sp³-hybridized carbons (Fsp3) is 0.222. The third kappa shape index (κ3) is 1.75. The third-order valence-corrected chi connectivity index (χ3v) is 1.45. The van der Waals surface area contributed by atoms with Crippen molar-refractivity contribution in [2.45, 2.75) is 6.92 Å². The molecule has 3 nitrogen and oxygen atoms in total. The Bertz CT molecular complexity index is 316. The Hall–Kier alpha value is -1.51. The van der Waals surface area contributed by atoms with Crippen LogP contribution in [0, 0.1) is 6.92 Å². The Balaban J connectivity index is 3.19. The van der Waals surface area contributed by atoms with E-state index in [1.165, 1.54) is 0 Å². The van der Waals surface area contributed by atoms with Crippen LogP contribution in [0.25, 0.3) is 6.08 Å². The normalized spacial score (nSPS) is 10.5. The number of aliphatic imine (C=N–C) groups is 1. The molecule has 1 aromatic heterocycles. The minimum Gasteiger partial charge on any atom is -0.294 e. The Kier molecular flexibility index (Phi) is 2.69. The van der Waals surface area contributed by atoms with E-state index < -0.39 is 0 Å². The Morgan fingerprint density at radius 1 is 1.50 bits per heavy atom. The summed E-state index contributed by atoms with van der Waals surface area (Å²) in [5.41, 5.74) is 2.62. The molecule has 0 saturated heterocycles. The van der Waals surface area contributed by atoms with Crippen LogP contribution in [0.15, 0.2) is 17.6 Å². The molecule has 1 aromatic rings. The van der Waals surface area contributed by atoms with Gasteiger partial charge in [0, 0.05) is 18.8 Å². The van der Waals surface area contributed by atoms with Gasteiger partial charge in [0.25, 0.3) is 0 Å². The third-order valence-electron chi connectivity index (χ3n) is 1.45. The van der Waals surface area contributed by atoms with Gasteiger partial charge >= 0.3 is 0 Å². The van der Waals surface area contributed by atoms with Gasteiger partial charge in [0.05, 0.1) is 5.69 Å². The molecule has 0 amide bonds. The molecule has 0 aromatic carbocycles. The average molecular weight is 161 g/mol. The smallest absolute Gasteiger partial charge is 0.111 e. The second-order valence-electron chi connectivity index (χ2n) is 2.42. The highest BCUT2D eigenvalue weighted by atomic mass is 15.1. The minimum absolute atomic E-state index is 0.762. The van der Waals surface area contributed by atoms with Gasteiger partial charge in [-0.15, -0.1) is 5.10 Å². The molecule has 3 heteroatoms. The van der Waals surface area contributed by atoms with Crippen LogP contribution in [0.4, 0.5) is 0 Å². The quantitative estimate of drug-likeness (QED) is 0.616. The molecular weight excluding hydrogens is 150 g/mol. The SMILES string of the molecule is C=Cc1cc(C)nnc1C=NC. The number of hydrogen-bond donors (Lipinski definition) is 0. The van der Waals surface area contributed by atoms with Crippen molar-refractivity contribution in [2.75, 3.05) is 7.05 Å². The standard InChI is InChI=1S/C9H11N3/c1-4-8-5-7(2)11-12-9(8)6-10-3/h4-6H,1H2,2-3H3. The predicted octanol–water partition coefficient (Wildman–Crippen LogP) is 1.48. The van der Waals surface area contributed by atoms with Gasteiger partial charge in [-0.25, -0.2) is 0 Å². The van der Waals surface area contributed by atoms with Crippen molar-refractivity contribution in [1.82, 2.24) is 10.2 Å². The van der Waals surface area contributed by atoms with E-state index in [1.807, 2.05) is 13.0 Å². The molecule has 0 bridgehead atoms. The molecule has 0 aliphatic heterocycles. The zero-order valence-electron chi connectivity index (χ0n) is 7.28. The lowest BCUT2D eigenvalue weighted by Gasteiger charge is -1.98. The molecule has 0 radical (unpaired) electrons. The summed E-state index contributed by atoms with van der Waals surface area (Å²) in [5.74, 6) is 0. The van der Waals surface area contributed by atoms with Crippen molar-refractivity contribution in [3.63, 3.8) is 0 Å². The van der Waals surface area contributed by atoms with E-state index in [4.69, 9.17) is 0 Å². The molecule has 0 unspecified atom stereocenters. The van der Waals surface area contributed by atoms with Crippen molar-refractivity contribution in [1.29, 1.82) is 0 Å². The number of aryl methyl sites for hydroxylation is 1. The van der Waals surface area contributed by atoms with Gasteiger partial charge in [0.2, 0.25) is 0 Å². The number of rotatable bonds is 2. The Morgan fingerprint density at radius 2 is 2.25 bits per heavy atom. The molecule has 0 aliphatic carbocycles. The van der Waals surface area contributed by atoms with Crippen LogP contribution in [0.1, 0.15) is 17.0 Å². The van der Waals surface area contributed by atoms with Gasteiger partial charge in [0.15, 0.2) is 0 Å². The number of aromatic nitrogens is 2. The first kappa shape index (κ1) is 8.59. The molecule has 0 saturated carbocycles. The lowest BCUT2D eigenvalue weighted by molar-refractivity contribution is 0.968. The average Bonchev–Trinajstić information content (AvgIpc) is 2.08. The van der Waals surface area contributed by atoms with Crippen molar-refractivity contribution < 1.29 is 0 Å². The maximum Gasteiger partial charge on any atom is 0.111 e.